The van der Waals surface area contributed by atoms with E-state index in [9.17, 15) is 14.4 Å². The lowest BCUT2D eigenvalue weighted by molar-refractivity contribution is 0.0575. The van der Waals surface area contributed by atoms with Crippen molar-refractivity contribution in [1.29, 1.82) is 5.26 Å². The second-order valence-electron chi connectivity index (χ2n) is 9.69. The molecule has 36 heavy (non-hydrogen) atoms. The Hall–Kier alpha value is -4.15. The zero-order valence-electron chi connectivity index (χ0n) is 19.6. The molecule has 2 aliphatic heterocycles. The van der Waals surface area contributed by atoms with Crippen molar-refractivity contribution in [2.75, 3.05) is 0 Å². The first kappa shape index (κ1) is 22.3. The summed E-state index contributed by atoms with van der Waals surface area (Å²) in [4.78, 5) is 24.1. The molecule has 0 radical (unpaired) electrons. The van der Waals surface area contributed by atoms with E-state index in [-0.39, 0.29) is 29.6 Å². The van der Waals surface area contributed by atoms with Crippen LogP contribution in [0.1, 0.15) is 41.6 Å². The highest BCUT2D eigenvalue weighted by Crippen LogP contribution is 2.39. The van der Waals surface area contributed by atoms with Gasteiger partial charge in [0.05, 0.1) is 11.1 Å². The summed E-state index contributed by atoms with van der Waals surface area (Å²) in [6.07, 6.45) is 6.88. The third-order valence-corrected chi connectivity index (χ3v) is 7.49. The maximum absolute atomic E-state index is 14.6. The van der Waals surface area contributed by atoms with Gasteiger partial charge in [-0.3, -0.25) is 4.79 Å². The molecule has 1 aromatic heterocycles. The van der Waals surface area contributed by atoms with Gasteiger partial charge in [0, 0.05) is 35.3 Å². The minimum Gasteiger partial charge on any atom is -0.333 e. The van der Waals surface area contributed by atoms with Gasteiger partial charge in [-0.2, -0.15) is 5.26 Å². The van der Waals surface area contributed by atoms with Crippen molar-refractivity contribution in [2.45, 2.75) is 43.8 Å². The fourth-order valence-corrected chi connectivity index (χ4v) is 5.79. The number of benzene rings is 3. The van der Waals surface area contributed by atoms with Crippen molar-refractivity contribution in [2.24, 2.45) is 5.73 Å². The minimum absolute atomic E-state index is 0.0109. The van der Waals surface area contributed by atoms with E-state index in [1.165, 1.54) is 18.5 Å². The molecule has 0 aliphatic carbocycles. The lowest BCUT2D eigenvalue weighted by atomic mass is 9.91. The van der Waals surface area contributed by atoms with E-state index >= 15 is 0 Å². The van der Waals surface area contributed by atoms with Gasteiger partial charge in [0.25, 0.3) is 5.91 Å². The van der Waals surface area contributed by atoms with Gasteiger partial charge < -0.3 is 10.6 Å². The van der Waals surface area contributed by atoms with Gasteiger partial charge in [0.2, 0.25) is 0 Å². The van der Waals surface area contributed by atoms with Crippen LogP contribution in [-0.4, -0.2) is 38.9 Å². The van der Waals surface area contributed by atoms with Crippen LogP contribution in [0.15, 0.2) is 67.1 Å². The number of piperidine rings is 1. The molecule has 0 spiro atoms. The minimum atomic E-state index is -0.590. The first-order valence-corrected chi connectivity index (χ1v) is 12.1. The largest absolute Gasteiger partial charge is 0.333 e. The van der Waals surface area contributed by atoms with Crippen LogP contribution in [-0.2, 0) is 0 Å². The quantitative estimate of drug-likeness (QED) is 0.445. The van der Waals surface area contributed by atoms with Crippen LogP contribution in [0, 0.1) is 17.1 Å². The van der Waals surface area contributed by atoms with Crippen LogP contribution >= 0.6 is 0 Å². The molecule has 2 aliphatic rings. The topological polar surface area (TPSA) is 95.9 Å². The summed E-state index contributed by atoms with van der Waals surface area (Å²) >= 11 is 0. The number of nitriles is 1. The second kappa shape index (κ2) is 8.81. The van der Waals surface area contributed by atoms with E-state index in [0.29, 0.717) is 11.1 Å². The normalized spacial score (nSPS) is 20.9. The average molecular weight is 478 g/mol. The second-order valence-corrected chi connectivity index (χ2v) is 9.69. The number of amides is 1. The Bertz CT molecular complexity index is 1530. The summed E-state index contributed by atoms with van der Waals surface area (Å²) in [6, 6.07) is 18.4. The summed E-state index contributed by atoms with van der Waals surface area (Å²) in [7, 11) is 0. The van der Waals surface area contributed by atoms with Crippen molar-refractivity contribution in [3.8, 4) is 28.3 Å². The van der Waals surface area contributed by atoms with Crippen LogP contribution in [0.25, 0.3) is 33.2 Å². The molecule has 4 aromatic rings. The number of hydrogen-bond donors (Lipinski definition) is 1. The third kappa shape index (κ3) is 3.80. The van der Waals surface area contributed by atoms with Crippen LogP contribution in [0.2, 0.25) is 0 Å². The molecule has 3 atom stereocenters. The molecule has 2 bridgehead atoms. The molecule has 1 amide bonds. The van der Waals surface area contributed by atoms with Crippen molar-refractivity contribution in [3.05, 3.63) is 84.1 Å². The van der Waals surface area contributed by atoms with Gasteiger partial charge >= 0.3 is 0 Å². The van der Waals surface area contributed by atoms with Crippen molar-refractivity contribution in [3.63, 3.8) is 0 Å². The summed E-state index contributed by atoms with van der Waals surface area (Å²) in [5.41, 5.74) is 10.7. The fourth-order valence-electron chi connectivity index (χ4n) is 5.79. The molecule has 6 rings (SSSR count). The summed E-state index contributed by atoms with van der Waals surface area (Å²) in [5, 5.41) is 10.1. The number of halogens is 1. The molecule has 0 unspecified atom stereocenters. The predicted molar refractivity (Wildman–Crippen MR) is 135 cm³/mol. The maximum atomic E-state index is 14.6. The maximum Gasteiger partial charge on any atom is 0.254 e. The van der Waals surface area contributed by atoms with E-state index in [2.05, 4.69) is 9.97 Å². The summed E-state index contributed by atoms with van der Waals surface area (Å²) < 4.78 is 14.6. The monoisotopic (exact) mass is 477 g/mol. The third-order valence-electron chi connectivity index (χ3n) is 7.49. The van der Waals surface area contributed by atoms with Crippen LogP contribution in [0.5, 0.6) is 0 Å². The molecule has 2 saturated heterocycles. The van der Waals surface area contributed by atoms with Gasteiger partial charge in [0.1, 0.15) is 18.2 Å². The Morgan fingerprint density at radius 1 is 1.00 bits per heavy atom. The van der Waals surface area contributed by atoms with Gasteiger partial charge in [-0.05, 0) is 84.3 Å². The Morgan fingerprint density at radius 3 is 2.50 bits per heavy atom. The fraction of sp³-hybridized carbons (Fsp3) is 0.241. The van der Waals surface area contributed by atoms with Crippen LogP contribution < -0.4 is 5.73 Å². The van der Waals surface area contributed by atoms with E-state index < -0.39 is 5.82 Å². The summed E-state index contributed by atoms with van der Waals surface area (Å²) in [5.74, 6) is -0.601. The number of nitrogens with two attached hydrogens (primary N) is 1. The molecule has 178 valence electrons. The standard InChI is InChI=1S/C29H24FN5O/c30-27-11-18(1-2-20(27)14-31)26-10-19(29(36)35-23-5-6-24(35)13-22(32)12-23)3-7-25(26)17-4-8-28-21(9-17)15-33-16-34-28/h1-4,7-11,15-16,22-24H,5-6,12-13,32H2/t22-,23+,24-. The number of carbonyl (C=O) groups is 1. The number of rotatable bonds is 3. The Kier molecular flexibility index (Phi) is 5.46. The molecular weight excluding hydrogens is 453 g/mol. The zero-order chi connectivity index (χ0) is 24.8. The lowest BCUT2D eigenvalue weighted by Gasteiger charge is -2.38. The Labute approximate surface area is 208 Å². The van der Waals surface area contributed by atoms with Gasteiger partial charge in [-0.25, -0.2) is 14.4 Å². The number of hydrogen-bond acceptors (Lipinski definition) is 5. The predicted octanol–water partition coefficient (Wildman–Crippen LogP) is 5.07. The van der Waals surface area contributed by atoms with Gasteiger partial charge in [-0.15, -0.1) is 0 Å². The van der Waals surface area contributed by atoms with Crippen molar-refractivity contribution < 1.29 is 9.18 Å². The van der Waals surface area contributed by atoms with Crippen molar-refractivity contribution >= 4 is 16.8 Å². The number of fused-ring (bicyclic) bond motifs is 3. The smallest absolute Gasteiger partial charge is 0.254 e. The van der Waals surface area contributed by atoms with Gasteiger partial charge in [-0.1, -0.05) is 18.2 Å². The highest BCUT2D eigenvalue weighted by Gasteiger charge is 2.42. The Morgan fingerprint density at radius 2 is 1.75 bits per heavy atom. The molecule has 6 nitrogen and oxygen atoms in total. The summed E-state index contributed by atoms with van der Waals surface area (Å²) in [6.45, 7) is 0. The van der Waals surface area contributed by atoms with Crippen LogP contribution in [0.3, 0.4) is 0 Å². The molecule has 3 heterocycles. The molecule has 2 N–H and O–H groups in total. The Balaban J connectivity index is 1.47. The molecule has 7 heteroatoms. The van der Waals surface area contributed by atoms with E-state index in [1.807, 2.05) is 47.4 Å². The first-order chi connectivity index (χ1) is 17.5. The zero-order valence-corrected chi connectivity index (χ0v) is 19.6. The highest BCUT2D eigenvalue weighted by atomic mass is 19.1. The lowest BCUT2D eigenvalue weighted by Crippen LogP contribution is -2.50. The number of aromatic nitrogens is 2. The van der Waals surface area contributed by atoms with E-state index in [1.54, 1.807) is 12.3 Å². The molecule has 3 aromatic carbocycles. The van der Waals surface area contributed by atoms with E-state index in [0.717, 1.165) is 53.3 Å². The number of nitrogens with zero attached hydrogens (tertiary/aromatic N) is 4. The molecule has 0 saturated carbocycles. The molecule has 2 fully saturated rings. The van der Waals surface area contributed by atoms with Crippen LogP contribution in [0.4, 0.5) is 4.39 Å². The van der Waals surface area contributed by atoms with Gasteiger partial charge in [0.15, 0.2) is 0 Å². The highest BCUT2D eigenvalue weighted by molar-refractivity contribution is 5.99. The SMILES string of the molecule is N#Cc1ccc(-c2cc(C(=O)N3[C@@H]4CC[C@H]3C[C@@H](N)C4)ccc2-c2ccc3ncncc3c2)cc1F. The molecular formula is C29H24FN5O. The van der Waals surface area contributed by atoms with Crippen molar-refractivity contribution in [1.82, 2.24) is 14.9 Å². The van der Waals surface area contributed by atoms with E-state index in [4.69, 9.17) is 5.73 Å². The number of carbonyl (C=O) groups excluding carboxylic acids is 1. The average Bonchev–Trinajstić information content (AvgIpc) is 3.18. The first-order valence-electron chi connectivity index (χ1n) is 12.1.